The van der Waals surface area contributed by atoms with E-state index in [0.717, 1.165) is 0 Å². The average Bonchev–Trinajstić information content (AvgIpc) is 2.94. The summed E-state index contributed by atoms with van der Waals surface area (Å²) in [6.07, 6.45) is -2.99. The van der Waals surface area contributed by atoms with Crippen LogP contribution in [0.4, 0.5) is 5.82 Å². The molecule has 3 rings (SSSR count). The number of aromatic nitrogens is 3. The van der Waals surface area contributed by atoms with E-state index in [4.69, 9.17) is 15.6 Å². The molecule has 2 aromatic rings. The first-order valence-electron chi connectivity index (χ1n) is 6.12. The number of H-pyrrole nitrogens is 1. The lowest BCUT2D eigenvalue weighted by Gasteiger charge is -2.17. The van der Waals surface area contributed by atoms with Crippen LogP contribution in [-0.2, 0) is 4.74 Å². The monoisotopic (exact) mass is 360 g/mol. The maximum atomic E-state index is 12.0. The predicted molar refractivity (Wildman–Crippen MR) is 75.5 cm³/mol. The van der Waals surface area contributed by atoms with Crippen LogP contribution in [0.3, 0.4) is 0 Å². The Kier molecular flexibility index (Phi) is 3.50. The normalized spacial score (nSPS) is 29.3. The number of ether oxygens (including phenoxy) is 1. The van der Waals surface area contributed by atoms with Crippen LogP contribution in [0.25, 0.3) is 10.9 Å². The molecular weight excluding hydrogens is 348 g/mol. The van der Waals surface area contributed by atoms with E-state index >= 15 is 0 Å². The number of rotatable bonds is 2. The highest BCUT2D eigenvalue weighted by Crippen LogP contribution is 2.35. The van der Waals surface area contributed by atoms with Crippen molar-refractivity contribution in [3.05, 3.63) is 21.0 Å². The fraction of sp³-hybridized carbons (Fsp3) is 0.455. The number of nitrogens with one attached hydrogen (secondary N) is 1. The van der Waals surface area contributed by atoms with E-state index in [9.17, 15) is 15.0 Å². The molecule has 0 spiro atoms. The van der Waals surface area contributed by atoms with Gasteiger partial charge in [0.1, 0.15) is 23.8 Å². The molecule has 3 heterocycles. The highest BCUT2D eigenvalue weighted by molar-refractivity contribution is 9.10. The number of aromatic amines is 1. The van der Waals surface area contributed by atoms with Crippen molar-refractivity contribution >= 4 is 32.7 Å². The number of nitrogens with zero attached hydrogens (tertiary/aromatic N) is 2. The molecular formula is C11H13BrN4O5. The lowest BCUT2D eigenvalue weighted by atomic mass is 10.1. The molecule has 6 N–H and O–H groups in total. The molecule has 0 unspecified atom stereocenters. The highest BCUT2D eigenvalue weighted by Gasteiger charge is 2.44. The maximum absolute atomic E-state index is 12.0. The Balaban J connectivity index is 2.18. The molecule has 1 saturated heterocycles. The highest BCUT2D eigenvalue weighted by atomic mass is 79.9. The van der Waals surface area contributed by atoms with Gasteiger partial charge in [-0.3, -0.25) is 4.79 Å². The summed E-state index contributed by atoms with van der Waals surface area (Å²) in [6.45, 7) is -0.449. The van der Waals surface area contributed by atoms with Gasteiger partial charge in [0.15, 0.2) is 12.0 Å². The van der Waals surface area contributed by atoms with Crippen molar-refractivity contribution in [3.63, 3.8) is 0 Å². The average molecular weight is 361 g/mol. The molecule has 1 aliphatic heterocycles. The van der Waals surface area contributed by atoms with Gasteiger partial charge in [-0.25, -0.2) is 5.10 Å². The molecule has 9 nitrogen and oxygen atoms in total. The van der Waals surface area contributed by atoms with Crippen LogP contribution in [0.15, 0.2) is 15.5 Å². The zero-order valence-electron chi connectivity index (χ0n) is 10.6. The second-order valence-corrected chi connectivity index (χ2v) is 5.63. The quantitative estimate of drug-likeness (QED) is 0.446. The molecule has 21 heavy (non-hydrogen) atoms. The molecule has 2 aromatic heterocycles. The Bertz CT molecular complexity index is 744. The summed E-state index contributed by atoms with van der Waals surface area (Å²) in [7, 11) is 0. The Morgan fingerprint density at radius 1 is 1.48 bits per heavy atom. The number of fused-ring (bicyclic) bond motifs is 1. The van der Waals surface area contributed by atoms with Crippen LogP contribution in [0.5, 0.6) is 0 Å². The second kappa shape index (κ2) is 5.07. The van der Waals surface area contributed by atoms with Gasteiger partial charge in [-0.1, -0.05) is 0 Å². The van der Waals surface area contributed by atoms with E-state index in [2.05, 4.69) is 26.1 Å². The van der Waals surface area contributed by atoms with Crippen molar-refractivity contribution in [1.29, 1.82) is 0 Å². The van der Waals surface area contributed by atoms with Crippen LogP contribution in [0.2, 0.25) is 0 Å². The van der Waals surface area contributed by atoms with E-state index in [-0.39, 0.29) is 11.3 Å². The van der Waals surface area contributed by atoms with E-state index < -0.39 is 36.7 Å². The molecule has 0 bridgehead atoms. The Morgan fingerprint density at radius 2 is 2.19 bits per heavy atom. The number of halogens is 1. The molecule has 1 fully saturated rings. The minimum Gasteiger partial charge on any atom is -0.394 e. The minimum absolute atomic E-state index is 0.113. The zero-order valence-corrected chi connectivity index (χ0v) is 12.2. The van der Waals surface area contributed by atoms with Crippen LogP contribution < -0.4 is 11.3 Å². The second-order valence-electron chi connectivity index (χ2n) is 4.77. The fourth-order valence-electron chi connectivity index (χ4n) is 2.50. The molecule has 1 aliphatic rings. The molecule has 0 saturated carbocycles. The topological polar surface area (TPSA) is 147 Å². The predicted octanol–water partition coefficient (Wildman–Crippen LogP) is -1.32. The smallest absolute Gasteiger partial charge is 0.288 e. The number of aliphatic hydroxyl groups excluding tert-OH is 3. The first kappa shape index (κ1) is 14.5. The van der Waals surface area contributed by atoms with E-state index in [1.807, 2.05) is 0 Å². The molecule has 0 aliphatic carbocycles. The Hall–Kier alpha value is -1.46. The summed E-state index contributed by atoms with van der Waals surface area (Å²) in [5, 5.41) is 35.3. The molecule has 0 aromatic carbocycles. The van der Waals surface area contributed by atoms with Gasteiger partial charge < -0.3 is 30.4 Å². The number of anilines is 1. The van der Waals surface area contributed by atoms with Gasteiger partial charge in [-0.05, 0) is 15.9 Å². The Morgan fingerprint density at radius 3 is 2.81 bits per heavy atom. The SMILES string of the molecule is Nc1n[nH]c(=O)c2c1c(Br)cn2[C@@H]1O[C@H](CO)[C@@H](O)[C@@H]1O. The summed E-state index contributed by atoms with van der Waals surface area (Å²) < 4.78 is 7.28. The first-order chi connectivity index (χ1) is 9.95. The third kappa shape index (κ3) is 2.07. The summed E-state index contributed by atoms with van der Waals surface area (Å²) in [5.41, 5.74) is 5.38. The van der Waals surface area contributed by atoms with Crippen molar-refractivity contribution < 1.29 is 20.1 Å². The van der Waals surface area contributed by atoms with E-state index in [0.29, 0.717) is 9.86 Å². The summed E-state index contributed by atoms with van der Waals surface area (Å²) in [5.74, 6) is 0.113. The van der Waals surface area contributed by atoms with Gasteiger partial charge in [0.05, 0.1) is 12.0 Å². The van der Waals surface area contributed by atoms with Crippen LogP contribution in [0.1, 0.15) is 6.23 Å². The van der Waals surface area contributed by atoms with Gasteiger partial charge in [0.2, 0.25) is 0 Å². The zero-order chi connectivity index (χ0) is 15.3. The third-order valence-electron chi connectivity index (χ3n) is 3.53. The van der Waals surface area contributed by atoms with Crippen LogP contribution in [-0.4, -0.2) is 55.0 Å². The molecule has 10 heteroatoms. The summed E-state index contributed by atoms with van der Waals surface area (Å²) in [4.78, 5) is 12.0. The van der Waals surface area contributed by atoms with Gasteiger partial charge in [0, 0.05) is 10.7 Å². The molecule has 0 amide bonds. The number of nitrogen functional groups attached to an aromatic ring is 1. The molecule has 114 valence electrons. The van der Waals surface area contributed by atoms with Crippen LogP contribution >= 0.6 is 15.9 Å². The van der Waals surface area contributed by atoms with E-state index in [1.54, 1.807) is 0 Å². The maximum Gasteiger partial charge on any atom is 0.288 e. The largest absolute Gasteiger partial charge is 0.394 e. The fourth-order valence-corrected chi connectivity index (χ4v) is 3.11. The number of hydrogen-bond donors (Lipinski definition) is 5. The summed E-state index contributed by atoms with van der Waals surface area (Å²) in [6, 6.07) is 0. The number of aliphatic hydroxyl groups is 3. The van der Waals surface area contributed by atoms with Gasteiger partial charge in [-0.15, -0.1) is 0 Å². The number of hydrogen-bond acceptors (Lipinski definition) is 7. The van der Waals surface area contributed by atoms with Crippen molar-refractivity contribution in [1.82, 2.24) is 14.8 Å². The Labute approximate surface area is 126 Å². The summed E-state index contributed by atoms with van der Waals surface area (Å²) >= 11 is 3.27. The third-order valence-corrected chi connectivity index (χ3v) is 4.13. The van der Waals surface area contributed by atoms with Crippen LogP contribution in [0, 0.1) is 0 Å². The molecule has 4 atom stereocenters. The van der Waals surface area contributed by atoms with Crippen molar-refractivity contribution in [2.75, 3.05) is 12.3 Å². The minimum atomic E-state index is -1.29. The number of nitrogens with two attached hydrogens (primary N) is 1. The van der Waals surface area contributed by atoms with Gasteiger partial charge in [0.25, 0.3) is 5.56 Å². The lowest BCUT2D eigenvalue weighted by molar-refractivity contribution is -0.0507. The van der Waals surface area contributed by atoms with E-state index in [1.165, 1.54) is 10.8 Å². The first-order valence-corrected chi connectivity index (χ1v) is 6.91. The van der Waals surface area contributed by atoms with Gasteiger partial charge in [-0.2, -0.15) is 5.10 Å². The van der Waals surface area contributed by atoms with Gasteiger partial charge >= 0.3 is 0 Å². The standard InChI is InChI=1S/C11H13BrN4O5/c12-3-1-16(6-5(3)9(13)14-15-10(6)20)11-8(19)7(18)4(2-17)21-11/h1,4,7-8,11,17-19H,2H2,(H2,13,14)(H,15,20)/t4-,7-,8+,11-/m1/s1. The van der Waals surface area contributed by atoms with Crippen molar-refractivity contribution in [2.24, 2.45) is 0 Å². The van der Waals surface area contributed by atoms with Crippen molar-refractivity contribution in [2.45, 2.75) is 24.5 Å². The molecule has 0 radical (unpaired) electrons. The lowest BCUT2D eigenvalue weighted by Crippen LogP contribution is -2.33. The van der Waals surface area contributed by atoms with Crippen molar-refractivity contribution in [3.8, 4) is 0 Å².